The van der Waals surface area contributed by atoms with Crippen molar-refractivity contribution < 1.29 is 18.0 Å². The predicted molar refractivity (Wildman–Crippen MR) is 124 cm³/mol. The van der Waals surface area contributed by atoms with E-state index in [4.69, 9.17) is 23.2 Å². The van der Waals surface area contributed by atoms with Crippen molar-refractivity contribution in [2.45, 2.75) is 26.4 Å². The van der Waals surface area contributed by atoms with Crippen LogP contribution in [0, 0.1) is 6.92 Å². The van der Waals surface area contributed by atoms with Gasteiger partial charge in [-0.25, -0.2) is 8.42 Å². The molecule has 0 radical (unpaired) electrons. The molecule has 0 aliphatic carbocycles. The van der Waals surface area contributed by atoms with E-state index in [1.54, 1.807) is 43.3 Å². The van der Waals surface area contributed by atoms with Crippen molar-refractivity contribution in [1.82, 2.24) is 10.2 Å². The van der Waals surface area contributed by atoms with Gasteiger partial charge in [0.15, 0.2) is 0 Å². The molecule has 31 heavy (non-hydrogen) atoms. The summed E-state index contributed by atoms with van der Waals surface area (Å²) in [5.74, 6) is -0.913. The number of benzene rings is 2. The van der Waals surface area contributed by atoms with Crippen LogP contribution in [0.15, 0.2) is 42.5 Å². The van der Waals surface area contributed by atoms with Crippen molar-refractivity contribution in [2.24, 2.45) is 0 Å². The van der Waals surface area contributed by atoms with Crippen molar-refractivity contribution in [2.75, 3.05) is 24.2 Å². The van der Waals surface area contributed by atoms with Gasteiger partial charge in [-0.2, -0.15) is 0 Å². The highest BCUT2D eigenvalue weighted by Gasteiger charge is 2.29. The van der Waals surface area contributed by atoms with Gasteiger partial charge in [0.2, 0.25) is 21.8 Å². The number of rotatable bonds is 8. The van der Waals surface area contributed by atoms with Gasteiger partial charge < -0.3 is 10.2 Å². The summed E-state index contributed by atoms with van der Waals surface area (Å²) >= 11 is 12.0. The molecule has 0 bridgehead atoms. The summed E-state index contributed by atoms with van der Waals surface area (Å²) in [5, 5.41) is 3.20. The molecule has 1 atom stereocenters. The lowest BCUT2D eigenvalue weighted by atomic mass is 10.1. The number of hydrogen-bond acceptors (Lipinski definition) is 4. The minimum Gasteiger partial charge on any atom is -0.357 e. The lowest BCUT2D eigenvalue weighted by Crippen LogP contribution is -2.50. The van der Waals surface area contributed by atoms with Gasteiger partial charge in [-0.1, -0.05) is 41.4 Å². The topological polar surface area (TPSA) is 86.8 Å². The van der Waals surface area contributed by atoms with E-state index in [-0.39, 0.29) is 12.5 Å². The number of nitrogens with zero attached hydrogens (tertiary/aromatic N) is 2. The van der Waals surface area contributed by atoms with Crippen molar-refractivity contribution in [1.29, 1.82) is 0 Å². The van der Waals surface area contributed by atoms with E-state index in [0.717, 1.165) is 16.1 Å². The van der Waals surface area contributed by atoms with Gasteiger partial charge in [0, 0.05) is 13.6 Å². The van der Waals surface area contributed by atoms with Crippen LogP contribution < -0.4 is 9.62 Å². The van der Waals surface area contributed by atoms with E-state index in [1.807, 2.05) is 13.0 Å². The number of carbonyl (C=O) groups is 2. The average molecular weight is 486 g/mol. The van der Waals surface area contributed by atoms with E-state index in [1.165, 1.54) is 11.9 Å². The summed E-state index contributed by atoms with van der Waals surface area (Å²) in [6.07, 6.45) is 1.04. The molecule has 0 saturated carbocycles. The summed E-state index contributed by atoms with van der Waals surface area (Å²) in [5.41, 5.74) is 1.88. The number of nitrogens with one attached hydrogen (secondary N) is 1. The Hall–Kier alpha value is -2.29. The molecule has 0 unspecified atom stereocenters. The van der Waals surface area contributed by atoms with Crippen molar-refractivity contribution in [3.63, 3.8) is 0 Å². The van der Waals surface area contributed by atoms with Gasteiger partial charge in [-0.05, 0) is 49.2 Å². The third-order valence-electron chi connectivity index (χ3n) is 4.72. The molecule has 2 amide bonds. The lowest BCUT2D eigenvalue weighted by Gasteiger charge is -2.31. The standard InChI is InChI=1S/C21H25Cl2N3O4S/c1-14-6-5-7-17(10-14)26(31(4,29)30)13-20(27)25(15(2)21(28)24-3)12-16-8-9-18(22)19(23)11-16/h5-11,15H,12-13H2,1-4H3,(H,24,28)/t15-/m1/s1. The number of anilines is 1. The Balaban J connectivity index is 2.40. The molecule has 10 heteroatoms. The Morgan fingerprint density at radius 3 is 2.32 bits per heavy atom. The number of amides is 2. The van der Waals surface area contributed by atoms with Gasteiger partial charge in [-0.15, -0.1) is 0 Å². The molecule has 7 nitrogen and oxygen atoms in total. The number of aryl methyl sites for hydroxylation is 1. The minimum atomic E-state index is -3.75. The van der Waals surface area contributed by atoms with Crippen LogP contribution in [0.1, 0.15) is 18.1 Å². The van der Waals surface area contributed by atoms with Gasteiger partial charge in [-0.3, -0.25) is 13.9 Å². The molecule has 1 N–H and O–H groups in total. The fourth-order valence-electron chi connectivity index (χ4n) is 3.02. The quantitative estimate of drug-likeness (QED) is 0.621. The Morgan fingerprint density at radius 1 is 1.10 bits per heavy atom. The SMILES string of the molecule is CNC(=O)[C@@H](C)N(Cc1ccc(Cl)c(Cl)c1)C(=O)CN(c1cccc(C)c1)S(C)(=O)=O. The molecular formula is C21H25Cl2N3O4S. The van der Waals surface area contributed by atoms with Crippen LogP contribution >= 0.6 is 23.2 Å². The number of hydrogen-bond donors (Lipinski definition) is 1. The van der Waals surface area contributed by atoms with E-state index < -0.39 is 28.5 Å². The molecule has 168 valence electrons. The van der Waals surface area contributed by atoms with E-state index in [2.05, 4.69) is 5.32 Å². The zero-order chi connectivity index (χ0) is 23.3. The van der Waals surface area contributed by atoms with Crippen molar-refractivity contribution in [3.05, 3.63) is 63.6 Å². The smallest absolute Gasteiger partial charge is 0.244 e. The highest BCUT2D eigenvalue weighted by atomic mass is 35.5. The third-order valence-corrected chi connectivity index (χ3v) is 6.60. The maximum absolute atomic E-state index is 13.3. The van der Waals surface area contributed by atoms with Gasteiger partial charge >= 0.3 is 0 Å². The van der Waals surface area contributed by atoms with Crippen LogP contribution in [0.2, 0.25) is 10.0 Å². The van der Waals surface area contributed by atoms with E-state index in [9.17, 15) is 18.0 Å². The molecular weight excluding hydrogens is 461 g/mol. The van der Waals surface area contributed by atoms with E-state index in [0.29, 0.717) is 21.3 Å². The summed E-state index contributed by atoms with van der Waals surface area (Å²) in [6, 6.07) is 10.9. The first-order valence-electron chi connectivity index (χ1n) is 9.43. The van der Waals surface area contributed by atoms with Crippen LogP contribution in [-0.2, 0) is 26.2 Å². The number of carbonyl (C=O) groups excluding carboxylic acids is 2. The van der Waals surface area contributed by atoms with Gasteiger partial charge in [0.1, 0.15) is 12.6 Å². The first kappa shape index (κ1) is 25.0. The molecule has 2 aromatic carbocycles. The number of halogens is 2. The van der Waals surface area contributed by atoms with Crippen LogP contribution in [0.5, 0.6) is 0 Å². The molecule has 2 aromatic rings. The lowest BCUT2D eigenvalue weighted by molar-refractivity contribution is -0.139. The van der Waals surface area contributed by atoms with Crippen molar-refractivity contribution in [3.8, 4) is 0 Å². The van der Waals surface area contributed by atoms with Crippen LogP contribution in [0.4, 0.5) is 5.69 Å². The second kappa shape index (κ2) is 10.3. The summed E-state index contributed by atoms with van der Waals surface area (Å²) < 4.78 is 25.9. The molecule has 0 saturated heterocycles. The molecule has 0 aromatic heterocycles. The molecule has 0 heterocycles. The normalized spacial score (nSPS) is 12.2. The van der Waals surface area contributed by atoms with Crippen LogP contribution in [0.3, 0.4) is 0 Å². The zero-order valence-corrected chi connectivity index (χ0v) is 20.1. The average Bonchev–Trinajstić information content (AvgIpc) is 2.70. The summed E-state index contributed by atoms with van der Waals surface area (Å²) in [4.78, 5) is 26.9. The Morgan fingerprint density at radius 2 is 1.77 bits per heavy atom. The molecule has 0 fully saturated rings. The molecule has 0 spiro atoms. The van der Waals surface area contributed by atoms with Crippen molar-refractivity contribution >= 4 is 50.7 Å². The minimum absolute atomic E-state index is 0.0513. The first-order valence-corrected chi connectivity index (χ1v) is 12.0. The first-order chi connectivity index (χ1) is 14.4. The number of likely N-dealkylation sites (N-methyl/N-ethyl adjacent to an activating group) is 1. The second-order valence-corrected chi connectivity index (χ2v) is 9.89. The Bertz CT molecular complexity index is 1080. The fourth-order valence-corrected chi connectivity index (χ4v) is 4.19. The molecule has 2 rings (SSSR count). The highest BCUT2D eigenvalue weighted by Crippen LogP contribution is 2.24. The van der Waals surface area contributed by atoms with Gasteiger partial charge in [0.05, 0.1) is 22.0 Å². The molecule has 0 aliphatic heterocycles. The largest absolute Gasteiger partial charge is 0.357 e. The highest BCUT2D eigenvalue weighted by molar-refractivity contribution is 7.92. The maximum atomic E-state index is 13.3. The summed E-state index contributed by atoms with van der Waals surface area (Å²) in [7, 11) is -2.28. The molecule has 0 aliphatic rings. The second-order valence-electron chi connectivity index (χ2n) is 7.17. The predicted octanol–water partition coefficient (Wildman–Crippen LogP) is 3.23. The Labute approximate surface area is 193 Å². The summed E-state index contributed by atoms with van der Waals surface area (Å²) in [6.45, 7) is 3.00. The monoisotopic (exact) mass is 485 g/mol. The zero-order valence-electron chi connectivity index (χ0n) is 17.7. The van der Waals surface area contributed by atoms with Crippen LogP contribution in [0.25, 0.3) is 0 Å². The fraction of sp³-hybridized carbons (Fsp3) is 0.333. The Kier molecular flexibility index (Phi) is 8.34. The third kappa shape index (κ3) is 6.59. The number of sulfonamides is 1. The van der Waals surface area contributed by atoms with Gasteiger partial charge in [0.25, 0.3) is 0 Å². The maximum Gasteiger partial charge on any atom is 0.244 e. The van der Waals surface area contributed by atoms with E-state index >= 15 is 0 Å². The van der Waals surface area contributed by atoms with Crippen LogP contribution in [-0.4, -0.2) is 51.0 Å².